The number of rotatable bonds is 1. The van der Waals surface area contributed by atoms with Crippen molar-refractivity contribution in [3.63, 3.8) is 0 Å². The summed E-state index contributed by atoms with van der Waals surface area (Å²) in [5, 5.41) is 17.5. The maximum Gasteiger partial charge on any atom is 0.149 e. The Morgan fingerprint density at radius 3 is 3.06 bits per heavy atom. The van der Waals surface area contributed by atoms with Crippen LogP contribution in [0.4, 0.5) is 0 Å². The lowest BCUT2D eigenvalue weighted by Crippen LogP contribution is -2.07. The molecular formula is C12H9ClN4. The molecular weight excluding hydrogens is 236 g/mol. The SMILES string of the molecule is N#Cc1c2c(nn1-c1cccc(Cl)c1)CNC2. The van der Waals surface area contributed by atoms with Crippen LogP contribution in [0.1, 0.15) is 17.0 Å². The fraction of sp³-hybridized carbons (Fsp3) is 0.167. The summed E-state index contributed by atoms with van der Waals surface area (Å²) in [5.74, 6) is 0. The number of nitrogens with one attached hydrogen (secondary N) is 1. The van der Waals surface area contributed by atoms with E-state index >= 15 is 0 Å². The molecule has 0 spiro atoms. The largest absolute Gasteiger partial charge is 0.307 e. The monoisotopic (exact) mass is 244 g/mol. The highest BCUT2D eigenvalue weighted by Gasteiger charge is 2.22. The maximum atomic E-state index is 9.23. The van der Waals surface area contributed by atoms with Gasteiger partial charge in [0.2, 0.25) is 0 Å². The van der Waals surface area contributed by atoms with Gasteiger partial charge in [0.15, 0.2) is 0 Å². The topological polar surface area (TPSA) is 53.6 Å². The normalized spacial score (nSPS) is 13.4. The molecule has 3 rings (SSSR count). The van der Waals surface area contributed by atoms with Crippen molar-refractivity contribution in [2.24, 2.45) is 0 Å². The molecule has 17 heavy (non-hydrogen) atoms. The van der Waals surface area contributed by atoms with Gasteiger partial charge in [-0.25, -0.2) is 4.68 Å². The molecule has 0 bridgehead atoms. The van der Waals surface area contributed by atoms with Crippen molar-refractivity contribution >= 4 is 11.6 Å². The Hall–Kier alpha value is -1.83. The molecule has 1 aliphatic rings. The third-order valence-electron chi connectivity index (χ3n) is 2.82. The lowest BCUT2D eigenvalue weighted by Gasteiger charge is -2.04. The van der Waals surface area contributed by atoms with Gasteiger partial charge >= 0.3 is 0 Å². The van der Waals surface area contributed by atoms with E-state index in [1.54, 1.807) is 16.8 Å². The highest BCUT2D eigenvalue weighted by atomic mass is 35.5. The molecule has 5 heteroatoms. The number of benzene rings is 1. The number of aromatic nitrogens is 2. The van der Waals surface area contributed by atoms with E-state index in [0.717, 1.165) is 23.5 Å². The summed E-state index contributed by atoms with van der Waals surface area (Å²) in [5.41, 5.74) is 3.35. The van der Waals surface area contributed by atoms with Crippen molar-refractivity contribution < 1.29 is 0 Å². The summed E-state index contributed by atoms with van der Waals surface area (Å²) in [4.78, 5) is 0. The molecule has 84 valence electrons. The molecule has 1 N–H and O–H groups in total. The summed E-state index contributed by atoms with van der Waals surface area (Å²) in [7, 11) is 0. The van der Waals surface area contributed by atoms with Gasteiger partial charge in [0, 0.05) is 23.7 Å². The molecule has 1 aliphatic heterocycles. The molecule has 0 saturated heterocycles. The van der Waals surface area contributed by atoms with Gasteiger partial charge in [-0.15, -0.1) is 0 Å². The van der Waals surface area contributed by atoms with Gasteiger partial charge in [-0.2, -0.15) is 10.4 Å². The summed E-state index contributed by atoms with van der Waals surface area (Å²) in [6.07, 6.45) is 0. The second-order valence-corrected chi connectivity index (χ2v) is 4.32. The van der Waals surface area contributed by atoms with Crippen LogP contribution < -0.4 is 5.32 Å². The smallest absolute Gasteiger partial charge is 0.149 e. The predicted octanol–water partition coefficient (Wildman–Crippen LogP) is 2.00. The van der Waals surface area contributed by atoms with Crippen molar-refractivity contribution in [3.8, 4) is 11.8 Å². The van der Waals surface area contributed by atoms with E-state index in [9.17, 15) is 5.26 Å². The van der Waals surface area contributed by atoms with Crippen molar-refractivity contribution in [1.82, 2.24) is 15.1 Å². The van der Waals surface area contributed by atoms with Crippen molar-refractivity contribution in [2.75, 3.05) is 0 Å². The minimum atomic E-state index is 0.590. The lowest BCUT2D eigenvalue weighted by molar-refractivity contribution is 0.717. The predicted molar refractivity (Wildman–Crippen MR) is 63.8 cm³/mol. The van der Waals surface area contributed by atoms with Crippen molar-refractivity contribution in [2.45, 2.75) is 13.1 Å². The van der Waals surface area contributed by atoms with Gasteiger partial charge in [0.1, 0.15) is 11.8 Å². The van der Waals surface area contributed by atoms with Gasteiger partial charge in [0.25, 0.3) is 0 Å². The standard InChI is InChI=1S/C12H9ClN4/c13-8-2-1-3-9(4-8)17-12(5-14)10-6-15-7-11(10)16-17/h1-4,15H,6-7H2. The Labute approximate surface area is 103 Å². The summed E-state index contributed by atoms with van der Waals surface area (Å²) >= 11 is 5.95. The minimum Gasteiger partial charge on any atom is -0.307 e. The zero-order valence-electron chi connectivity index (χ0n) is 8.94. The van der Waals surface area contributed by atoms with Crippen molar-refractivity contribution in [1.29, 1.82) is 5.26 Å². The fourth-order valence-electron chi connectivity index (χ4n) is 2.04. The lowest BCUT2D eigenvalue weighted by atomic mass is 10.2. The van der Waals surface area contributed by atoms with Gasteiger partial charge in [0.05, 0.1) is 11.4 Å². The van der Waals surface area contributed by atoms with Crippen LogP contribution in [0.2, 0.25) is 5.02 Å². The Kier molecular flexibility index (Phi) is 2.36. The van der Waals surface area contributed by atoms with E-state index in [1.807, 2.05) is 12.1 Å². The van der Waals surface area contributed by atoms with Gasteiger partial charge < -0.3 is 5.32 Å². The van der Waals surface area contributed by atoms with Gasteiger partial charge in [-0.3, -0.25) is 0 Å². The van der Waals surface area contributed by atoms with Gasteiger partial charge in [-0.05, 0) is 18.2 Å². The number of halogens is 1. The first-order valence-corrected chi connectivity index (χ1v) is 5.65. The first-order valence-electron chi connectivity index (χ1n) is 5.27. The molecule has 1 aromatic heterocycles. The zero-order chi connectivity index (χ0) is 11.8. The average molecular weight is 245 g/mol. The highest BCUT2D eigenvalue weighted by Crippen LogP contribution is 2.23. The van der Waals surface area contributed by atoms with Crippen LogP contribution in [0.25, 0.3) is 5.69 Å². The molecule has 0 aliphatic carbocycles. The summed E-state index contributed by atoms with van der Waals surface area (Å²) in [6.45, 7) is 1.43. The number of hydrogen-bond acceptors (Lipinski definition) is 3. The van der Waals surface area contributed by atoms with Crippen LogP contribution in [0.5, 0.6) is 0 Å². The van der Waals surface area contributed by atoms with Crippen LogP contribution in [-0.2, 0) is 13.1 Å². The molecule has 0 radical (unpaired) electrons. The van der Waals surface area contributed by atoms with E-state index in [2.05, 4.69) is 16.5 Å². The maximum absolute atomic E-state index is 9.23. The first kappa shape index (κ1) is 10.3. The second-order valence-electron chi connectivity index (χ2n) is 3.88. The first-order chi connectivity index (χ1) is 8.29. The highest BCUT2D eigenvalue weighted by molar-refractivity contribution is 6.30. The van der Waals surface area contributed by atoms with Crippen LogP contribution in [0.3, 0.4) is 0 Å². The Morgan fingerprint density at radius 2 is 2.29 bits per heavy atom. The van der Waals surface area contributed by atoms with Crippen LogP contribution in [-0.4, -0.2) is 9.78 Å². The number of nitriles is 1. The molecule has 2 heterocycles. The van der Waals surface area contributed by atoms with Crippen LogP contribution in [0, 0.1) is 11.3 Å². The zero-order valence-corrected chi connectivity index (χ0v) is 9.70. The van der Waals surface area contributed by atoms with Gasteiger partial charge in [-0.1, -0.05) is 17.7 Å². The summed E-state index contributed by atoms with van der Waals surface area (Å²) in [6, 6.07) is 9.56. The molecule has 0 atom stereocenters. The molecule has 0 fully saturated rings. The fourth-order valence-corrected chi connectivity index (χ4v) is 2.22. The molecule has 1 aromatic carbocycles. The average Bonchev–Trinajstić information content (AvgIpc) is 2.88. The van der Waals surface area contributed by atoms with E-state index in [4.69, 9.17) is 11.6 Å². The third kappa shape index (κ3) is 1.60. The number of fused-ring (bicyclic) bond motifs is 1. The molecule has 0 saturated carbocycles. The van der Waals surface area contributed by atoms with Crippen LogP contribution >= 0.6 is 11.6 Å². The third-order valence-corrected chi connectivity index (χ3v) is 3.05. The van der Waals surface area contributed by atoms with E-state index in [1.165, 1.54) is 0 Å². The molecule has 0 amide bonds. The summed E-state index contributed by atoms with van der Waals surface area (Å²) < 4.78 is 1.66. The molecule has 2 aromatic rings. The van der Waals surface area contributed by atoms with Crippen LogP contribution in [0.15, 0.2) is 24.3 Å². The Morgan fingerprint density at radius 1 is 1.41 bits per heavy atom. The van der Waals surface area contributed by atoms with Crippen molar-refractivity contribution in [3.05, 3.63) is 46.2 Å². The second kappa shape index (κ2) is 3.88. The van der Waals surface area contributed by atoms with E-state index in [-0.39, 0.29) is 0 Å². The number of nitrogens with zero attached hydrogens (tertiary/aromatic N) is 3. The Bertz CT molecular complexity index is 624. The minimum absolute atomic E-state index is 0.590. The number of hydrogen-bond donors (Lipinski definition) is 1. The molecule has 0 unspecified atom stereocenters. The molecule has 4 nitrogen and oxygen atoms in total. The van der Waals surface area contributed by atoms with E-state index < -0.39 is 0 Å². The Balaban J connectivity index is 2.19. The van der Waals surface area contributed by atoms with E-state index in [0.29, 0.717) is 17.3 Å². The quantitative estimate of drug-likeness (QED) is 0.835.